The molecule has 114 valence electrons. The van der Waals surface area contributed by atoms with Crippen LogP contribution in [0.15, 0.2) is 30.5 Å². The second-order valence-corrected chi connectivity index (χ2v) is 4.86. The Morgan fingerprint density at radius 3 is 2.67 bits per heavy atom. The molecule has 9 nitrogen and oxygen atoms in total. The minimum absolute atomic E-state index is 0. The highest BCUT2D eigenvalue weighted by atomic mass is 35.5. The van der Waals surface area contributed by atoms with E-state index in [0.717, 1.165) is 0 Å². The highest BCUT2D eigenvalue weighted by Crippen LogP contribution is 2.36. The molecule has 0 amide bonds. The first-order chi connectivity index (χ1) is 9.38. The van der Waals surface area contributed by atoms with Crippen molar-refractivity contribution in [2.24, 2.45) is 0 Å². The lowest BCUT2D eigenvalue weighted by molar-refractivity contribution is -0.383. The van der Waals surface area contributed by atoms with Crippen LogP contribution < -0.4 is 4.74 Å². The van der Waals surface area contributed by atoms with E-state index in [4.69, 9.17) is 14.5 Å². The SMILES string of the molecule is Cl.O=[N+]([O-])c1ccc(OCOP(=O)(O)O)c2ncccc12. The molecule has 0 saturated heterocycles. The van der Waals surface area contributed by atoms with Crippen molar-refractivity contribution in [1.82, 2.24) is 4.98 Å². The molecule has 0 spiro atoms. The molecular weight excluding hydrogens is 327 g/mol. The highest BCUT2D eigenvalue weighted by Gasteiger charge is 2.17. The van der Waals surface area contributed by atoms with E-state index in [1.807, 2.05) is 0 Å². The van der Waals surface area contributed by atoms with Gasteiger partial charge in [0.25, 0.3) is 5.69 Å². The third-order valence-corrected chi connectivity index (χ3v) is 2.78. The van der Waals surface area contributed by atoms with Crippen LogP contribution in [0.1, 0.15) is 0 Å². The molecule has 2 N–H and O–H groups in total. The predicted molar refractivity (Wildman–Crippen MR) is 74.3 cm³/mol. The van der Waals surface area contributed by atoms with E-state index in [-0.39, 0.29) is 34.7 Å². The fourth-order valence-corrected chi connectivity index (χ4v) is 1.76. The Hall–Kier alpha value is -1.77. The fraction of sp³-hybridized carbons (Fsp3) is 0.100. The van der Waals surface area contributed by atoms with Crippen LogP contribution >= 0.6 is 20.2 Å². The molecule has 11 heteroatoms. The Balaban J connectivity index is 0.00000220. The van der Waals surface area contributed by atoms with Crippen LogP contribution in [-0.2, 0) is 9.09 Å². The number of nitro benzene ring substituents is 1. The first-order valence-electron chi connectivity index (χ1n) is 5.23. The molecule has 21 heavy (non-hydrogen) atoms. The maximum atomic E-state index is 10.9. The van der Waals surface area contributed by atoms with E-state index in [1.165, 1.54) is 30.5 Å². The van der Waals surface area contributed by atoms with Crippen LogP contribution in [0.4, 0.5) is 5.69 Å². The van der Waals surface area contributed by atoms with Crippen LogP contribution in [0.2, 0.25) is 0 Å². The fourth-order valence-electron chi connectivity index (χ4n) is 1.57. The molecule has 0 bridgehead atoms. The second-order valence-electron chi connectivity index (χ2n) is 3.62. The van der Waals surface area contributed by atoms with Crippen molar-refractivity contribution >= 4 is 36.8 Å². The van der Waals surface area contributed by atoms with Gasteiger partial charge in [-0.1, -0.05) is 0 Å². The molecule has 0 aliphatic rings. The van der Waals surface area contributed by atoms with Crippen molar-refractivity contribution in [3.05, 3.63) is 40.6 Å². The zero-order valence-electron chi connectivity index (χ0n) is 10.3. The van der Waals surface area contributed by atoms with Gasteiger partial charge >= 0.3 is 7.82 Å². The summed E-state index contributed by atoms with van der Waals surface area (Å²) in [6, 6.07) is 5.54. The van der Waals surface area contributed by atoms with Gasteiger partial charge in [0.05, 0.1) is 10.3 Å². The van der Waals surface area contributed by atoms with Crippen LogP contribution in [0.5, 0.6) is 5.75 Å². The number of halogens is 1. The summed E-state index contributed by atoms with van der Waals surface area (Å²) in [6.45, 7) is -0.701. The molecule has 0 aliphatic heterocycles. The normalized spacial score (nSPS) is 11.0. The molecule has 0 fully saturated rings. The van der Waals surface area contributed by atoms with E-state index < -0.39 is 19.5 Å². The van der Waals surface area contributed by atoms with Gasteiger partial charge in [-0.3, -0.25) is 15.1 Å². The van der Waals surface area contributed by atoms with Gasteiger partial charge in [0.1, 0.15) is 11.3 Å². The van der Waals surface area contributed by atoms with Gasteiger partial charge in [0, 0.05) is 12.3 Å². The summed E-state index contributed by atoms with van der Waals surface area (Å²) in [5, 5.41) is 11.1. The number of pyridine rings is 1. The quantitative estimate of drug-likeness (QED) is 0.367. The lowest BCUT2D eigenvalue weighted by atomic mass is 10.1. The summed E-state index contributed by atoms with van der Waals surface area (Å²) in [6.07, 6.45) is 1.42. The number of rotatable bonds is 5. The topological polar surface area (TPSA) is 132 Å². The van der Waals surface area contributed by atoms with Gasteiger partial charge < -0.3 is 14.5 Å². The summed E-state index contributed by atoms with van der Waals surface area (Å²) in [4.78, 5) is 31.3. The summed E-state index contributed by atoms with van der Waals surface area (Å²) in [5.74, 6) is 0.125. The van der Waals surface area contributed by atoms with Gasteiger partial charge in [-0.05, 0) is 18.2 Å². The van der Waals surface area contributed by atoms with Crippen molar-refractivity contribution in [2.75, 3.05) is 6.79 Å². The first-order valence-corrected chi connectivity index (χ1v) is 6.76. The number of aromatic nitrogens is 1. The molecule has 1 aromatic heterocycles. The lowest BCUT2D eigenvalue weighted by Gasteiger charge is -2.09. The molecule has 0 aliphatic carbocycles. The Kier molecular flexibility index (Phi) is 5.59. The Bertz CT molecular complexity index is 705. The van der Waals surface area contributed by atoms with Gasteiger partial charge in [-0.2, -0.15) is 0 Å². The van der Waals surface area contributed by atoms with E-state index >= 15 is 0 Å². The molecule has 0 saturated carbocycles. The zero-order chi connectivity index (χ0) is 14.8. The molecule has 2 aromatic rings. The van der Waals surface area contributed by atoms with Crippen LogP contribution in [0.25, 0.3) is 10.9 Å². The summed E-state index contributed by atoms with van der Waals surface area (Å²) < 4.78 is 19.7. The number of phosphoric acid groups is 1. The number of fused-ring (bicyclic) bond motifs is 1. The third kappa shape index (κ3) is 4.35. The maximum Gasteiger partial charge on any atom is 0.472 e. The third-order valence-electron chi connectivity index (χ3n) is 2.34. The number of phosphoric ester groups is 1. The Labute approximate surface area is 124 Å². The van der Waals surface area contributed by atoms with E-state index in [0.29, 0.717) is 0 Å². The van der Waals surface area contributed by atoms with E-state index in [1.54, 1.807) is 0 Å². The van der Waals surface area contributed by atoms with Gasteiger partial charge in [-0.15, -0.1) is 12.4 Å². The zero-order valence-corrected chi connectivity index (χ0v) is 12.0. The number of ether oxygens (including phenoxy) is 1. The summed E-state index contributed by atoms with van der Waals surface area (Å²) in [5.41, 5.74) is 0.0624. The van der Waals surface area contributed by atoms with Crippen molar-refractivity contribution in [1.29, 1.82) is 0 Å². The standard InChI is InChI=1S/C10H9N2O7P.ClH/c13-12(14)8-3-4-9(18-6-19-20(15,16)17)10-7(8)2-1-5-11-10;/h1-5H,6H2,(H2,15,16,17);1H. The Morgan fingerprint density at radius 1 is 1.33 bits per heavy atom. The summed E-state index contributed by atoms with van der Waals surface area (Å²) >= 11 is 0. The van der Waals surface area contributed by atoms with Gasteiger partial charge in [0.15, 0.2) is 6.79 Å². The van der Waals surface area contributed by atoms with Gasteiger partial charge in [-0.25, -0.2) is 9.09 Å². The molecule has 1 aromatic carbocycles. The van der Waals surface area contributed by atoms with Crippen molar-refractivity contribution in [2.45, 2.75) is 0 Å². The van der Waals surface area contributed by atoms with Gasteiger partial charge in [0.2, 0.25) is 0 Å². The number of hydrogen-bond donors (Lipinski definition) is 2. The average molecular weight is 337 g/mol. The molecule has 0 unspecified atom stereocenters. The monoisotopic (exact) mass is 336 g/mol. The largest absolute Gasteiger partial charge is 0.472 e. The first kappa shape index (κ1) is 17.3. The van der Waals surface area contributed by atoms with Crippen LogP contribution in [-0.4, -0.2) is 26.5 Å². The van der Waals surface area contributed by atoms with Crippen molar-refractivity contribution < 1.29 is 28.5 Å². The lowest BCUT2D eigenvalue weighted by Crippen LogP contribution is -2.02. The average Bonchev–Trinajstić information content (AvgIpc) is 2.37. The summed E-state index contributed by atoms with van der Waals surface area (Å²) in [7, 11) is -4.64. The minimum Gasteiger partial charge on any atom is -0.465 e. The molecule has 0 radical (unpaired) electrons. The number of hydrogen-bond acceptors (Lipinski definition) is 6. The van der Waals surface area contributed by atoms with E-state index in [9.17, 15) is 14.7 Å². The molecular formula is C10H10ClN2O7P. The van der Waals surface area contributed by atoms with E-state index in [2.05, 4.69) is 9.51 Å². The number of non-ortho nitro benzene ring substituents is 1. The van der Waals surface area contributed by atoms with Crippen LogP contribution in [0.3, 0.4) is 0 Å². The Morgan fingerprint density at radius 2 is 2.05 bits per heavy atom. The highest BCUT2D eigenvalue weighted by molar-refractivity contribution is 7.46. The van der Waals surface area contributed by atoms with Crippen LogP contribution in [0, 0.1) is 10.1 Å². The molecule has 0 atom stereocenters. The van der Waals surface area contributed by atoms with Crippen molar-refractivity contribution in [3.63, 3.8) is 0 Å². The number of nitrogens with zero attached hydrogens (tertiary/aromatic N) is 2. The van der Waals surface area contributed by atoms with Crippen molar-refractivity contribution in [3.8, 4) is 5.75 Å². The maximum absolute atomic E-state index is 10.9. The minimum atomic E-state index is -4.64. The second kappa shape index (κ2) is 6.79. The molecule has 2 rings (SSSR count). The number of benzene rings is 1. The predicted octanol–water partition coefficient (Wildman–Crippen LogP) is 2.01. The number of nitro groups is 1. The smallest absolute Gasteiger partial charge is 0.465 e. The molecule has 1 heterocycles.